The van der Waals surface area contributed by atoms with Gasteiger partial charge in [0.1, 0.15) is 11.6 Å². The summed E-state index contributed by atoms with van der Waals surface area (Å²) in [7, 11) is 4.24. The maximum atomic E-state index is 11.8. The Kier molecular flexibility index (Phi) is 6.64. The van der Waals surface area contributed by atoms with Crippen LogP contribution in [0.4, 0.5) is 4.79 Å². The van der Waals surface area contributed by atoms with E-state index >= 15 is 0 Å². The third kappa shape index (κ3) is 6.41. The zero-order chi connectivity index (χ0) is 14.3. The van der Waals surface area contributed by atoms with E-state index < -0.39 is 23.6 Å². The molecule has 0 saturated carbocycles. The van der Waals surface area contributed by atoms with Crippen molar-refractivity contribution in [2.45, 2.75) is 32.4 Å². The standard InChI is InChI=1S/C11H22N2O5/c1-11(2,3)18-10(15)12-8(7-16-5)9(14)13(4)17-6/h8H,7H2,1-6H3,(H,12,15). The third-order valence-corrected chi connectivity index (χ3v) is 1.91. The molecule has 0 heterocycles. The van der Waals surface area contributed by atoms with Crippen LogP contribution in [0.3, 0.4) is 0 Å². The van der Waals surface area contributed by atoms with E-state index in [1.165, 1.54) is 21.3 Å². The molecule has 106 valence electrons. The molecule has 0 aliphatic heterocycles. The molecule has 0 bridgehead atoms. The molecule has 0 rings (SSSR count). The van der Waals surface area contributed by atoms with Crippen LogP contribution in [0, 0.1) is 0 Å². The van der Waals surface area contributed by atoms with E-state index in [1.807, 2.05) is 0 Å². The molecule has 18 heavy (non-hydrogen) atoms. The molecule has 0 aromatic heterocycles. The first-order chi connectivity index (χ1) is 8.21. The number of nitrogens with one attached hydrogen (secondary N) is 1. The fourth-order valence-electron chi connectivity index (χ4n) is 1.10. The summed E-state index contributed by atoms with van der Waals surface area (Å²) in [4.78, 5) is 28.1. The summed E-state index contributed by atoms with van der Waals surface area (Å²) in [6.07, 6.45) is -0.678. The molecule has 0 saturated heterocycles. The van der Waals surface area contributed by atoms with E-state index in [0.29, 0.717) is 0 Å². The number of hydrogen-bond acceptors (Lipinski definition) is 5. The molecule has 7 nitrogen and oxygen atoms in total. The van der Waals surface area contributed by atoms with Crippen molar-refractivity contribution in [3.8, 4) is 0 Å². The smallest absolute Gasteiger partial charge is 0.408 e. The van der Waals surface area contributed by atoms with Gasteiger partial charge in [-0.15, -0.1) is 0 Å². The number of alkyl carbamates (subject to hydrolysis) is 1. The lowest BCUT2D eigenvalue weighted by molar-refractivity contribution is -0.172. The minimum atomic E-state index is -0.852. The van der Waals surface area contributed by atoms with Crippen LogP contribution in [0.2, 0.25) is 0 Å². The van der Waals surface area contributed by atoms with E-state index in [9.17, 15) is 9.59 Å². The Morgan fingerprint density at radius 1 is 1.28 bits per heavy atom. The highest BCUT2D eigenvalue weighted by Gasteiger charge is 2.26. The number of rotatable bonds is 5. The number of amides is 2. The Morgan fingerprint density at radius 3 is 2.22 bits per heavy atom. The number of ether oxygens (including phenoxy) is 2. The van der Waals surface area contributed by atoms with E-state index in [0.717, 1.165) is 5.06 Å². The number of carbonyl (C=O) groups is 2. The zero-order valence-electron chi connectivity index (χ0n) is 11.8. The molecule has 1 N–H and O–H groups in total. The van der Waals surface area contributed by atoms with Gasteiger partial charge >= 0.3 is 6.09 Å². The monoisotopic (exact) mass is 262 g/mol. The Balaban J connectivity index is 4.53. The van der Waals surface area contributed by atoms with Crippen LogP contribution in [0.1, 0.15) is 20.8 Å². The number of methoxy groups -OCH3 is 1. The average molecular weight is 262 g/mol. The second-order valence-electron chi connectivity index (χ2n) is 4.67. The van der Waals surface area contributed by atoms with Gasteiger partial charge in [-0.1, -0.05) is 0 Å². The average Bonchev–Trinajstić information content (AvgIpc) is 2.23. The van der Waals surface area contributed by atoms with E-state index in [-0.39, 0.29) is 6.61 Å². The lowest BCUT2D eigenvalue weighted by atomic mass is 10.2. The van der Waals surface area contributed by atoms with Gasteiger partial charge < -0.3 is 14.8 Å². The molecule has 0 aliphatic rings. The normalized spacial score (nSPS) is 12.8. The van der Waals surface area contributed by atoms with Crippen LogP contribution in [-0.4, -0.2) is 56.6 Å². The summed E-state index contributed by atoms with van der Waals surface area (Å²) in [6, 6.07) is -0.852. The van der Waals surface area contributed by atoms with Crippen molar-refractivity contribution in [2.24, 2.45) is 0 Å². The quantitative estimate of drug-likeness (QED) is 0.732. The van der Waals surface area contributed by atoms with Crippen molar-refractivity contribution in [2.75, 3.05) is 27.9 Å². The molecule has 1 atom stereocenters. The first kappa shape index (κ1) is 16.7. The van der Waals surface area contributed by atoms with Crippen molar-refractivity contribution in [3.05, 3.63) is 0 Å². The number of nitrogens with zero attached hydrogens (tertiary/aromatic N) is 1. The fourth-order valence-corrected chi connectivity index (χ4v) is 1.10. The van der Waals surface area contributed by atoms with Crippen molar-refractivity contribution >= 4 is 12.0 Å². The number of hydroxylamine groups is 2. The lowest BCUT2D eigenvalue weighted by Gasteiger charge is -2.24. The maximum Gasteiger partial charge on any atom is 0.408 e. The second kappa shape index (κ2) is 7.17. The molecule has 0 aromatic carbocycles. The van der Waals surface area contributed by atoms with Gasteiger partial charge in [-0.2, -0.15) is 0 Å². The van der Waals surface area contributed by atoms with Crippen LogP contribution in [-0.2, 0) is 19.1 Å². The fraction of sp³-hybridized carbons (Fsp3) is 0.818. The first-order valence-electron chi connectivity index (χ1n) is 5.51. The molecule has 0 aromatic rings. The minimum absolute atomic E-state index is 0.0335. The van der Waals surface area contributed by atoms with Gasteiger partial charge in [-0.05, 0) is 20.8 Å². The zero-order valence-corrected chi connectivity index (χ0v) is 11.8. The molecule has 0 spiro atoms. The van der Waals surface area contributed by atoms with Crippen molar-refractivity contribution < 1.29 is 23.9 Å². The van der Waals surface area contributed by atoms with E-state index in [1.54, 1.807) is 20.8 Å². The van der Waals surface area contributed by atoms with Crippen LogP contribution in [0.15, 0.2) is 0 Å². The minimum Gasteiger partial charge on any atom is -0.444 e. The molecule has 0 radical (unpaired) electrons. The predicted molar refractivity (Wildman–Crippen MR) is 64.8 cm³/mol. The molecular formula is C11H22N2O5. The predicted octanol–water partition coefficient (Wildman–Crippen LogP) is 0.546. The largest absolute Gasteiger partial charge is 0.444 e. The second-order valence-corrected chi connectivity index (χ2v) is 4.67. The van der Waals surface area contributed by atoms with Crippen LogP contribution in [0.5, 0.6) is 0 Å². The van der Waals surface area contributed by atoms with Crippen molar-refractivity contribution in [1.29, 1.82) is 0 Å². The van der Waals surface area contributed by atoms with Gasteiger partial charge in [0.15, 0.2) is 0 Å². The van der Waals surface area contributed by atoms with Crippen molar-refractivity contribution in [3.63, 3.8) is 0 Å². The summed E-state index contributed by atoms with van der Waals surface area (Å²) in [5, 5.41) is 3.45. The Labute approximate surface area is 107 Å². The number of likely N-dealkylation sites (N-methyl/N-ethyl adjacent to an activating group) is 1. The Bertz CT molecular complexity index is 288. The van der Waals surface area contributed by atoms with E-state index in [4.69, 9.17) is 14.3 Å². The highest BCUT2D eigenvalue weighted by atomic mass is 16.7. The molecule has 1 unspecified atom stereocenters. The Hall–Kier alpha value is -1.34. The molecule has 2 amide bonds. The van der Waals surface area contributed by atoms with Gasteiger partial charge in [-0.3, -0.25) is 9.63 Å². The van der Waals surface area contributed by atoms with Crippen LogP contribution >= 0.6 is 0 Å². The molecule has 0 aliphatic carbocycles. The lowest BCUT2D eigenvalue weighted by Crippen LogP contribution is -2.50. The number of hydrogen-bond donors (Lipinski definition) is 1. The van der Waals surface area contributed by atoms with E-state index in [2.05, 4.69) is 5.32 Å². The summed E-state index contributed by atoms with van der Waals surface area (Å²) < 4.78 is 9.94. The van der Waals surface area contributed by atoms with Gasteiger partial charge in [-0.25, -0.2) is 9.86 Å². The van der Waals surface area contributed by atoms with Gasteiger partial charge in [0, 0.05) is 14.2 Å². The maximum absolute atomic E-state index is 11.8. The molecular weight excluding hydrogens is 240 g/mol. The summed E-state index contributed by atoms with van der Waals surface area (Å²) in [5.41, 5.74) is -0.627. The SMILES string of the molecule is COCC(NC(=O)OC(C)(C)C)C(=O)N(C)OC. The summed E-state index contributed by atoms with van der Waals surface area (Å²) >= 11 is 0. The van der Waals surface area contributed by atoms with Crippen LogP contribution in [0.25, 0.3) is 0 Å². The van der Waals surface area contributed by atoms with Crippen molar-refractivity contribution in [1.82, 2.24) is 10.4 Å². The summed E-state index contributed by atoms with van der Waals surface area (Å²) in [5.74, 6) is -0.426. The Morgan fingerprint density at radius 2 is 1.83 bits per heavy atom. The molecule has 7 heteroatoms. The number of carbonyl (C=O) groups excluding carboxylic acids is 2. The third-order valence-electron chi connectivity index (χ3n) is 1.91. The highest BCUT2D eigenvalue weighted by Crippen LogP contribution is 2.07. The van der Waals surface area contributed by atoms with Gasteiger partial charge in [0.05, 0.1) is 13.7 Å². The highest BCUT2D eigenvalue weighted by molar-refractivity contribution is 5.85. The van der Waals surface area contributed by atoms with Gasteiger partial charge in [0.25, 0.3) is 5.91 Å². The first-order valence-corrected chi connectivity index (χ1v) is 5.51. The topological polar surface area (TPSA) is 77.1 Å². The molecule has 0 fully saturated rings. The summed E-state index contributed by atoms with van der Waals surface area (Å²) in [6.45, 7) is 5.24. The van der Waals surface area contributed by atoms with Crippen LogP contribution < -0.4 is 5.32 Å². The van der Waals surface area contributed by atoms with Gasteiger partial charge in [0.2, 0.25) is 0 Å².